The van der Waals surface area contributed by atoms with Gasteiger partial charge in [-0.15, -0.1) is 17.7 Å². The van der Waals surface area contributed by atoms with E-state index in [4.69, 9.17) is 9.40 Å². The molecule has 5 heteroatoms. The third kappa shape index (κ3) is 8.75. The predicted molar refractivity (Wildman–Crippen MR) is 188 cm³/mol. The number of nitrogens with zero attached hydrogens (tertiary/aromatic N) is 1. The van der Waals surface area contributed by atoms with Crippen LogP contribution in [-0.2, 0) is 31.3 Å². The summed E-state index contributed by atoms with van der Waals surface area (Å²) >= 11 is 0. The monoisotopic (exact) mass is 795 g/mol. The molecule has 5 aromatic rings. The first-order valence-electron chi connectivity index (χ1n) is 16.8. The van der Waals surface area contributed by atoms with Gasteiger partial charge in [-0.1, -0.05) is 102 Å². The van der Waals surface area contributed by atoms with Crippen molar-refractivity contribution in [1.29, 1.82) is 0 Å². The average molecular weight is 795 g/mol. The van der Waals surface area contributed by atoms with Gasteiger partial charge in [-0.2, -0.15) is 0 Å². The number of fused-ring (bicyclic) bond motifs is 4. The zero-order valence-corrected chi connectivity index (χ0v) is 30.5. The first kappa shape index (κ1) is 35.6. The third-order valence-electron chi connectivity index (χ3n) is 8.50. The van der Waals surface area contributed by atoms with Gasteiger partial charge in [-0.05, 0) is 77.1 Å². The average Bonchev–Trinajstić information content (AvgIpc) is 3.64. The maximum Gasteiger partial charge on any atom is 0.159 e. The molecule has 0 atom stereocenters. The molecule has 6 rings (SSSR count). The molecule has 2 aromatic heterocycles. The van der Waals surface area contributed by atoms with E-state index < -0.39 is 0 Å². The Hall–Kier alpha value is -3.27. The SMILES string of the molecule is CC(C)CC(=O)/C=C(\O)CC(C)C.CC(C)Cc1[c-]c(-c2nccc3cc(C4CCCC4)ccc23)c2oc3ccccc3c2c1.[Ir]. The molecule has 0 saturated heterocycles. The van der Waals surface area contributed by atoms with Gasteiger partial charge in [-0.25, -0.2) is 0 Å². The summed E-state index contributed by atoms with van der Waals surface area (Å²) in [6.07, 6.45) is 10.7. The number of benzene rings is 3. The van der Waals surface area contributed by atoms with E-state index in [1.807, 2.05) is 46.0 Å². The van der Waals surface area contributed by atoms with Crippen LogP contribution < -0.4 is 0 Å². The van der Waals surface area contributed by atoms with Crippen molar-refractivity contribution in [1.82, 2.24) is 4.98 Å². The van der Waals surface area contributed by atoms with Crippen LogP contribution in [0.2, 0.25) is 0 Å². The second kappa shape index (κ2) is 16.0. The van der Waals surface area contributed by atoms with Gasteiger partial charge in [0.05, 0.1) is 11.3 Å². The van der Waals surface area contributed by atoms with Crippen molar-refractivity contribution in [2.45, 2.75) is 92.4 Å². The van der Waals surface area contributed by atoms with E-state index in [-0.39, 0.29) is 31.6 Å². The molecule has 0 unspecified atom stereocenters. The number of aliphatic hydroxyl groups excluding tert-OH is 1. The number of para-hydroxylation sites is 1. The number of aliphatic hydroxyl groups is 1. The number of allylic oxidation sites excluding steroid dienone is 2. The van der Waals surface area contributed by atoms with Crippen LogP contribution in [0.25, 0.3) is 44.0 Å². The van der Waals surface area contributed by atoms with Crippen molar-refractivity contribution in [3.05, 3.63) is 89.8 Å². The minimum absolute atomic E-state index is 0. The van der Waals surface area contributed by atoms with E-state index in [0.717, 1.165) is 39.6 Å². The van der Waals surface area contributed by atoms with Gasteiger partial charge in [0.2, 0.25) is 0 Å². The molecule has 245 valence electrons. The standard InChI is InChI=1S/C30H28NO.C11H20O2.Ir/c1-19(2)15-20-16-26-25-9-5-6-10-28(25)32-30(26)27(17-20)29-24-12-11-22(21-7-3-4-8-21)18-23(24)13-14-31-29;1-8(2)5-10(12)7-11(13)6-9(3)4;/h5-6,9-14,16,18-19,21H,3-4,7-8,15H2,1-2H3;7-9,12H,5-6H2,1-4H3;/q-1;;/b;10-7-;. The molecular weight excluding hydrogens is 747 g/mol. The topological polar surface area (TPSA) is 63.3 Å². The molecule has 1 N–H and O–H groups in total. The third-order valence-corrected chi connectivity index (χ3v) is 8.50. The van der Waals surface area contributed by atoms with Crippen LogP contribution in [0.15, 0.2) is 77.0 Å². The fourth-order valence-electron chi connectivity index (χ4n) is 6.57. The van der Waals surface area contributed by atoms with E-state index in [1.54, 1.807) is 0 Å². The molecule has 0 bridgehead atoms. The van der Waals surface area contributed by atoms with Crippen molar-refractivity contribution in [2.75, 3.05) is 0 Å². The molecule has 0 aliphatic heterocycles. The quantitative estimate of drug-likeness (QED) is 0.0917. The van der Waals surface area contributed by atoms with Crippen LogP contribution in [0, 0.1) is 23.8 Å². The number of carbonyl (C=O) groups is 1. The summed E-state index contributed by atoms with van der Waals surface area (Å²) in [5.41, 5.74) is 6.44. The molecule has 2 heterocycles. The summed E-state index contributed by atoms with van der Waals surface area (Å²) in [7, 11) is 0. The van der Waals surface area contributed by atoms with E-state index in [2.05, 4.69) is 62.4 Å². The van der Waals surface area contributed by atoms with E-state index >= 15 is 0 Å². The smallest absolute Gasteiger partial charge is 0.159 e. The van der Waals surface area contributed by atoms with Gasteiger partial charge in [-0.3, -0.25) is 4.79 Å². The molecule has 1 aliphatic carbocycles. The Morgan fingerprint density at radius 1 is 0.913 bits per heavy atom. The Balaban J connectivity index is 0.000000295. The molecule has 1 aliphatic rings. The first-order valence-corrected chi connectivity index (χ1v) is 16.8. The minimum Gasteiger partial charge on any atom is -0.512 e. The molecule has 46 heavy (non-hydrogen) atoms. The zero-order valence-electron chi connectivity index (χ0n) is 28.2. The van der Waals surface area contributed by atoms with E-state index in [9.17, 15) is 9.90 Å². The number of aromatic nitrogens is 1. The Morgan fingerprint density at radius 2 is 1.63 bits per heavy atom. The van der Waals surface area contributed by atoms with E-state index in [1.165, 1.54) is 53.7 Å². The van der Waals surface area contributed by atoms with Crippen LogP contribution >= 0.6 is 0 Å². The Morgan fingerprint density at radius 3 is 2.33 bits per heavy atom. The molecule has 0 amide bonds. The fourth-order valence-corrected chi connectivity index (χ4v) is 6.57. The van der Waals surface area contributed by atoms with Gasteiger partial charge in [0.25, 0.3) is 0 Å². The van der Waals surface area contributed by atoms with Crippen molar-refractivity contribution in [2.24, 2.45) is 17.8 Å². The Bertz CT molecular complexity index is 1810. The number of rotatable bonds is 9. The molecule has 1 fully saturated rings. The molecule has 1 saturated carbocycles. The maximum absolute atomic E-state index is 11.2. The largest absolute Gasteiger partial charge is 0.512 e. The normalized spacial score (nSPS) is 14.0. The molecular formula is C41H48IrNO3-. The van der Waals surface area contributed by atoms with Crippen LogP contribution in [0.5, 0.6) is 0 Å². The second-order valence-electron chi connectivity index (χ2n) is 14.0. The summed E-state index contributed by atoms with van der Waals surface area (Å²) in [5.74, 6) is 2.25. The van der Waals surface area contributed by atoms with Crippen molar-refractivity contribution >= 4 is 38.5 Å². The van der Waals surface area contributed by atoms with Crippen molar-refractivity contribution in [3.63, 3.8) is 0 Å². The Labute approximate surface area is 288 Å². The number of hydrogen-bond acceptors (Lipinski definition) is 4. The van der Waals surface area contributed by atoms with Gasteiger partial charge in [0.1, 0.15) is 5.58 Å². The van der Waals surface area contributed by atoms with Gasteiger partial charge >= 0.3 is 0 Å². The molecule has 4 nitrogen and oxygen atoms in total. The van der Waals surface area contributed by atoms with Gasteiger partial charge < -0.3 is 14.5 Å². The van der Waals surface area contributed by atoms with Gasteiger partial charge in [0.15, 0.2) is 5.78 Å². The summed E-state index contributed by atoms with van der Waals surface area (Å²) in [6, 6.07) is 23.4. The van der Waals surface area contributed by atoms with Gasteiger partial charge in [0, 0.05) is 50.6 Å². The zero-order chi connectivity index (χ0) is 32.1. The molecule has 3 aromatic carbocycles. The summed E-state index contributed by atoms with van der Waals surface area (Å²) in [6.45, 7) is 12.5. The number of pyridine rings is 1. The number of hydrogen-bond donors (Lipinski definition) is 1. The van der Waals surface area contributed by atoms with Crippen LogP contribution in [-0.4, -0.2) is 15.9 Å². The van der Waals surface area contributed by atoms with Crippen LogP contribution in [0.1, 0.15) is 97.1 Å². The molecule has 0 spiro atoms. The first-order chi connectivity index (χ1) is 21.6. The molecule has 1 radical (unpaired) electrons. The van der Waals surface area contributed by atoms with Crippen LogP contribution in [0.3, 0.4) is 0 Å². The number of carbonyl (C=O) groups excluding carboxylic acids is 1. The minimum atomic E-state index is 0. The second-order valence-corrected chi connectivity index (χ2v) is 14.0. The fraction of sp³-hybridized carbons (Fsp3) is 0.415. The summed E-state index contributed by atoms with van der Waals surface area (Å²) < 4.78 is 6.38. The van der Waals surface area contributed by atoms with Crippen molar-refractivity contribution in [3.8, 4) is 11.3 Å². The predicted octanol–water partition coefficient (Wildman–Crippen LogP) is 11.5. The number of ketones is 1. The van der Waals surface area contributed by atoms with Crippen LogP contribution in [0.4, 0.5) is 0 Å². The summed E-state index contributed by atoms with van der Waals surface area (Å²) in [4.78, 5) is 16.1. The summed E-state index contributed by atoms with van der Waals surface area (Å²) in [5, 5.41) is 14.1. The number of furan rings is 1. The van der Waals surface area contributed by atoms with Crippen molar-refractivity contribution < 1.29 is 34.4 Å². The maximum atomic E-state index is 11.2. The van der Waals surface area contributed by atoms with E-state index in [0.29, 0.717) is 36.5 Å². The Kier molecular flexibility index (Phi) is 12.4.